The first-order valence-corrected chi connectivity index (χ1v) is 7.21. The van der Waals surface area contributed by atoms with Crippen molar-refractivity contribution in [3.05, 3.63) is 23.7 Å². The molecule has 19 heavy (non-hydrogen) atoms. The number of hydrogen-bond acceptors (Lipinski definition) is 3. The molecule has 0 radical (unpaired) electrons. The number of nitrogens with zero attached hydrogens (tertiary/aromatic N) is 1. The second kappa shape index (κ2) is 6.24. The number of hydrogen-bond donors (Lipinski definition) is 1. The van der Waals surface area contributed by atoms with Gasteiger partial charge in [-0.15, -0.1) is 0 Å². The molecule has 1 aromatic heterocycles. The van der Waals surface area contributed by atoms with Crippen LogP contribution in [0, 0.1) is 12.8 Å². The van der Waals surface area contributed by atoms with Crippen LogP contribution in [0.1, 0.15) is 43.0 Å². The van der Waals surface area contributed by atoms with Crippen LogP contribution >= 0.6 is 0 Å². The molecule has 0 aromatic carbocycles. The van der Waals surface area contributed by atoms with E-state index in [1.54, 1.807) is 6.07 Å². The molecule has 106 valence electrons. The Hall–Kier alpha value is -1.29. The Morgan fingerprint density at radius 2 is 2.32 bits per heavy atom. The minimum atomic E-state index is 0.0221. The largest absolute Gasteiger partial charge is 0.456 e. The number of nitrogens with one attached hydrogen (secondary N) is 1. The Morgan fingerprint density at radius 1 is 1.53 bits per heavy atom. The summed E-state index contributed by atoms with van der Waals surface area (Å²) < 4.78 is 5.42. The van der Waals surface area contributed by atoms with Gasteiger partial charge >= 0.3 is 0 Å². The average Bonchev–Trinajstić information content (AvgIpc) is 2.83. The van der Waals surface area contributed by atoms with Gasteiger partial charge in [0.15, 0.2) is 5.76 Å². The molecule has 1 N–H and O–H groups in total. The van der Waals surface area contributed by atoms with Crippen molar-refractivity contribution in [2.24, 2.45) is 5.92 Å². The summed E-state index contributed by atoms with van der Waals surface area (Å²) in [5.41, 5.74) is 0. The molecule has 4 heteroatoms. The van der Waals surface area contributed by atoms with E-state index in [1.807, 2.05) is 17.9 Å². The monoisotopic (exact) mass is 264 g/mol. The van der Waals surface area contributed by atoms with Crippen LogP contribution < -0.4 is 5.32 Å². The van der Waals surface area contributed by atoms with E-state index in [2.05, 4.69) is 19.2 Å². The molecule has 2 heterocycles. The van der Waals surface area contributed by atoms with Crippen molar-refractivity contribution in [3.63, 3.8) is 0 Å². The smallest absolute Gasteiger partial charge is 0.289 e. The molecule has 0 spiro atoms. The van der Waals surface area contributed by atoms with E-state index in [-0.39, 0.29) is 5.91 Å². The molecule has 2 atom stereocenters. The maximum Gasteiger partial charge on any atom is 0.289 e. The quantitative estimate of drug-likeness (QED) is 0.908. The molecule has 1 amide bonds. The van der Waals surface area contributed by atoms with Crippen LogP contribution in [0.4, 0.5) is 0 Å². The Morgan fingerprint density at radius 3 is 2.89 bits per heavy atom. The molecule has 1 aliphatic heterocycles. The molecule has 1 aromatic rings. The maximum atomic E-state index is 12.3. The minimum absolute atomic E-state index is 0.0221. The molecular weight excluding hydrogens is 240 g/mol. The van der Waals surface area contributed by atoms with Crippen LogP contribution in [-0.2, 0) is 0 Å². The van der Waals surface area contributed by atoms with E-state index in [0.717, 1.165) is 38.2 Å². The normalized spacial score (nSPS) is 23.6. The van der Waals surface area contributed by atoms with Gasteiger partial charge in [-0.3, -0.25) is 4.79 Å². The first-order chi connectivity index (χ1) is 9.11. The van der Waals surface area contributed by atoms with Crippen LogP contribution in [0.5, 0.6) is 0 Å². The topological polar surface area (TPSA) is 45.5 Å². The number of aryl methyl sites for hydroxylation is 1. The van der Waals surface area contributed by atoms with E-state index < -0.39 is 0 Å². The third-order valence-corrected chi connectivity index (χ3v) is 3.80. The third-order valence-electron chi connectivity index (χ3n) is 3.80. The average molecular weight is 264 g/mol. The highest BCUT2D eigenvalue weighted by Gasteiger charge is 2.29. The Balaban J connectivity index is 1.92. The van der Waals surface area contributed by atoms with Crippen molar-refractivity contribution in [1.29, 1.82) is 0 Å². The highest BCUT2D eigenvalue weighted by atomic mass is 16.3. The lowest BCUT2D eigenvalue weighted by Crippen LogP contribution is -2.50. The van der Waals surface area contributed by atoms with Crippen molar-refractivity contribution in [3.8, 4) is 0 Å². The lowest BCUT2D eigenvalue weighted by molar-refractivity contribution is 0.0612. The standard InChI is InChI=1S/C15H24N2O2/c1-4-8-16-13-7-9-17(10-11(13)2)15(18)14-6-5-12(3)19-14/h5-6,11,13,16H,4,7-10H2,1-3H3. The van der Waals surface area contributed by atoms with Crippen LogP contribution in [0.2, 0.25) is 0 Å². The predicted octanol–water partition coefficient (Wildman–Crippen LogP) is 2.44. The first-order valence-electron chi connectivity index (χ1n) is 7.21. The van der Waals surface area contributed by atoms with Crippen molar-refractivity contribution in [2.45, 2.75) is 39.7 Å². The van der Waals surface area contributed by atoms with Crippen molar-refractivity contribution in [2.75, 3.05) is 19.6 Å². The first kappa shape index (κ1) is 14.1. The number of rotatable bonds is 4. The van der Waals surface area contributed by atoms with Gasteiger partial charge in [-0.1, -0.05) is 13.8 Å². The highest BCUT2D eigenvalue weighted by molar-refractivity contribution is 5.91. The summed E-state index contributed by atoms with van der Waals surface area (Å²) in [6.45, 7) is 8.92. The van der Waals surface area contributed by atoms with Crippen molar-refractivity contribution < 1.29 is 9.21 Å². The minimum Gasteiger partial charge on any atom is -0.456 e. The molecule has 2 unspecified atom stereocenters. The van der Waals surface area contributed by atoms with E-state index in [4.69, 9.17) is 4.42 Å². The molecule has 1 fully saturated rings. The SMILES string of the molecule is CCCNC1CCN(C(=O)c2ccc(C)o2)CC1C. The fraction of sp³-hybridized carbons (Fsp3) is 0.667. The molecule has 0 aliphatic carbocycles. The fourth-order valence-electron chi connectivity index (χ4n) is 2.67. The summed E-state index contributed by atoms with van der Waals surface area (Å²) in [6, 6.07) is 4.14. The summed E-state index contributed by atoms with van der Waals surface area (Å²) in [4.78, 5) is 14.2. The Labute approximate surface area is 115 Å². The number of carbonyl (C=O) groups excluding carboxylic acids is 1. The Bertz CT molecular complexity index is 428. The van der Waals surface area contributed by atoms with Gasteiger partial charge in [-0.05, 0) is 44.4 Å². The number of furan rings is 1. The van der Waals surface area contributed by atoms with Crippen LogP contribution in [0.25, 0.3) is 0 Å². The van der Waals surface area contributed by atoms with E-state index in [1.165, 1.54) is 0 Å². The molecule has 1 aliphatic rings. The van der Waals surface area contributed by atoms with Crippen LogP contribution in [-0.4, -0.2) is 36.5 Å². The summed E-state index contributed by atoms with van der Waals surface area (Å²) in [7, 11) is 0. The molecule has 0 bridgehead atoms. The molecule has 2 rings (SSSR count). The van der Waals surface area contributed by atoms with Gasteiger partial charge in [0.2, 0.25) is 0 Å². The zero-order valence-electron chi connectivity index (χ0n) is 12.1. The van der Waals surface area contributed by atoms with Gasteiger partial charge < -0.3 is 14.6 Å². The second-order valence-electron chi connectivity index (χ2n) is 5.49. The van der Waals surface area contributed by atoms with Gasteiger partial charge in [0, 0.05) is 19.1 Å². The number of carbonyl (C=O) groups is 1. The van der Waals surface area contributed by atoms with Gasteiger partial charge in [-0.2, -0.15) is 0 Å². The number of piperidine rings is 1. The molecular formula is C15H24N2O2. The van der Waals surface area contributed by atoms with Gasteiger partial charge in [0.05, 0.1) is 0 Å². The highest BCUT2D eigenvalue weighted by Crippen LogP contribution is 2.19. The van der Waals surface area contributed by atoms with Crippen LogP contribution in [0.3, 0.4) is 0 Å². The summed E-state index contributed by atoms with van der Waals surface area (Å²) in [5.74, 6) is 1.76. The molecule has 1 saturated heterocycles. The lowest BCUT2D eigenvalue weighted by atomic mass is 9.93. The second-order valence-corrected chi connectivity index (χ2v) is 5.49. The molecule has 0 saturated carbocycles. The van der Waals surface area contributed by atoms with E-state index in [9.17, 15) is 4.79 Å². The molecule has 4 nitrogen and oxygen atoms in total. The van der Waals surface area contributed by atoms with Gasteiger partial charge in [0.1, 0.15) is 5.76 Å². The zero-order valence-corrected chi connectivity index (χ0v) is 12.1. The van der Waals surface area contributed by atoms with Crippen molar-refractivity contribution in [1.82, 2.24) is 10.2 Å². The number of likely N-dealkylation sites (tertiary alicyclic amines) is 1. The van der Waals surface area contributed by atoms with Gasteiger partial charge in [-0.25, -0.2) is 0 Å². The third kappa shape index (κ3) is 3.38. The fourth-order valence-corrected chi connectivity index (χ4v) is 2.67. The van der Waals surface area contributed by atoms with Gasteiger partial charge in [0.25, 0.3) is 5.91 Å². The summed E-state index contributed by atoms with van der Waals surface area (Å²) >= 11 is 0. The zero-order chi connectivity index (χ0) is 13.8. The maximum absolute atomic E-state index is 12.3. The van der Waals surface area contributed by atoms with Crippen molar-refractivity contribution >= 4 is 5.91 Å². The predicted molar refractivity (Wildman–Crippen MR) is 75.2 cm³/mol. The lowest BCUT2D eigenvalue weighted by Gasteiger charge is -2.37. The summed E-state index contributed by atoms with van der Waals surface area (Å²) in [6.07, 6.45) is 2.17. The van der Waals surface area contributed by atoms with Crippen LogP contribution in [0.15, 0.2) is 16.5 Å². The summed E-state index contributed by atoms with van der Waals surface area (Å²) in [5, 5.41) is 3.56. The Kier molecular flexibility index (Phi) is 4.64. The number of amides is 1. The van der Waals surface area contributed by atoms with E-state index >= 15 is 0 Å². The van der Waals surface area contributed by atoms with E-state index in [0.29, 0.717) is 17.7 Å².